The van der Waals surface area contributed by atoms with E-state index >= 15 is 0 Å². The van der Waals surface area contributed by atoms with Gasteiger partial charge in [0.25, 0.3) is 0 Å². The normalized spacial score (nSPS) is 16.9. The van der Waals surface area contributed by atoms with Crippen molar-refractivity contribution in [3.05, 3.63) is 42.0 Å². The first-order valence-electron chi connectivity index (χ1n) is 10.00. The van der Waals surface area contributed by atoms with Crippen molar-refractivity contribution in [1.82, 2.24) is 10.6 Å². The molecule has 2 aromatic rings. The van der Waals surface area contributed by atoms with Crippen molar-refractivity contribution in [2.45, 2.75) is 13.0 Å². The Morgan fingerprint density at radius 2 is 1.87 bits per heavy atom. The highest BCUT2D eigenvalue weighted by Gasteiger charge is 2.31. The van der Waals surface area contributed by atoms with E-state index in [0.717, 1.165) is 11.3 Å². The van der Waals surface area contributed by atoms with Crippen LogP contribution in [0.3, 0.4) is 0 Å². The summed E-state index contributed by atoms with van der Waals surface area (Å²) in [6, 6.07) is 10.6. The van der Waals surface area contributed by atoms with Gasteiger partial charge in [-0.3, -0.25) is 4.79 Å². The SMILES string of the molecule is COc1ccc(CNC(=O)NC[C@H]2CC(=O)N(c3ccc4c(c3)OCO4)C2)cc1OC. The number of amides is 3. The van der Waals surface area contributed by atoms with Crippen LogP contribution in [0.25, 0.3) is 0 Å². The maximum Gasteiger partial charge on any atom is 0.315 e. The highest BCUT2D eigenvalue weighted by molar-refractivity contribution is 5.96. The van der Waals surface area contributed by atoms with Crippen LogP contribution in [0.1, 0.15) is 12.0 Å². The average Bonchev–Trinajstić information content (AvgIpc) is 3.41. The summed E-state index contributed by atoms with van der Waals surface area (Å²) in [7, 11) is 3.14. The summed E-state index contributed by atoms with van der Waals surface area (Å²) in [6.07, 6.45) is 0.379. The molecule has 0 aliphatic carbocycles. The third-order valence-electron chi connectivity index (χ3n) is 5.33. The summed E-state index contributed by atoms with van der Waals surface area (Å²) in [5, 5.41) is 5.67. The maximum absolute atomic E-state index is 12.5. The molecule has 1 saturated heterocycles. The number of benzene rings is 2. The number of rotatable bonds is 7. The highest BCUT2D eigenvalue weighted by atomic mass is 16.7. The molecule has 0 spiro atoms. The van der Waals surface area contributed by atoms with Crippen molar-refractivity contribution in [1.29, 1.82) is 0 Å². The van der Waals surface area contributed by atoms with Gasteiger partial charge in [-0.2, -0.15) is 0 Å². The molecule has 9 nitrogen and oxygen atoms in total. The number of anilines is 1. The number of carbonyl (C=O) groups excluding carboxylic acids is 2. The molecule has 0 saturated carbocycles. The van der Waals surface area contributed by atoms with Gasteiger partial charge in [0.1, 0.15) is 0 Å². The number of ether oxygens (including phenoxy) is 4. The van der Waals surface area contributed by atoms with Gasteiger partial charge in [0, 0.05) is 43.7 Å². The molecule has 0 radical (unpaired) electrons. The quantitative estimate of drug-likeness (QED) is 0.704. The predicted octanol–water partition coefficient (Wildman–Crippen LogP) is 2.28. The monoisotopic (exact) mass is 427 g/mol. The molecule has 3 amide bonds. The standard InChI is InChI=1S/C22H25N3O6/c1-28-17-5-3-14(7-19(17)29-2)10-23-22(27)24-11-15-8-21(26)25(12-15)16-4-6-18-20(9-16)31-13-30-18/h3-7,9,15H,8,10-13H2,1-2H3,(H2,23,24,27)/t15-/m1/s1. The van der Waals surface area contributed by atoms with Gasteiger partial charge in [0.15, 0.2) is 23.0 Å². The van der Waals surface area contributed by atoms with E-state index in [2.05, 4.69) is 10.6 Å². The molecule has 0 unspecified atom stereocenters. The molecule has 2 heterocycles. The first-order valence-corrected chi connectivity index (χ1v) is 10.00. The highest BCUT2D eigenvalue weighted by Crippen LogP contribution is 2.37. The lowest BCUT2D eigenvalue weighted by Gasteiger charge is -2.17. The number of hydrogen-bond acceptors (Lipinski definition) is 6. The second-order valence-corrected chi connectivity index (χ2v) is 7.36. The topological polar surface area (TPSA) is 98.4 Å². The Kier molecular flexibility index (Phi) is 6.01. The lowest BCUT2D eigenvalue weighted by Crippen LogP contribution is -2.38. The van der Waals surface area contributed by atoms with Crippen LogP contribution in [0.4, 0.5) is 10.5 Å². The summed E-state index contributed by atoms with van der Waals surface area (Å²) < 4.78 is 21.2. The Bertz CT molecular complexity index is 980. The minimum absolute atomic E-state index is 0.0244. The molecule has 9 heteroatoms. The predicted molar refractivity (Wildman–Crippen MR) is 113 cm³/mol. The zero-order valence-corrected chi connectivity index (χ0v) is 17.5. The van der Waals surface area contributed by atoms with Crippen LogP contribution in [-0.2, 0) is 11.3 Å². The molecule has 2 N–H and O–H groups in total. The molecule has 2 aliphatic heterocycles. The van der Waals surface area contributed by atoms with Crippen LogP contribution in [0.15, 0.2) is 36.4 Å². The second kappa shape index (κ2) is 9.03. The van der Waals surface area contributed by atoms with Crippen LogP contribution in [0.5, 0.6) is 23.0 Å². The molecule has 0 bridgehead atoms. The fourth-order valence-electron chi connectivity index (χ4n) is 3.69. The lowest BCUT2D eigenvalue weighted by molar-refractivity contribution is -0.117. The first-order chi connectivity index (χ1) is 15.1. The molecule has 0 aromatic heterocycles. The number of urea groups is 1. The van der Waals surface area contributed by atoms with Crippen molar-refractivity contribution in [2.75, 3.05) is 39.0 Å². The fraction of sp³-hybridized carbons (Fsp3) is 0.364. The van der Waals surface area contributed by atoms with Gasteiger partial charge < -0.3 is 34.5 Å². The smallest absolute Gasteiger partial charge is 0.315 e. The van der Waals surface area contributed by atoms with Crippen molar-refractivity contribution in [3.63, 3.8) is 0 Å². The van der Waals surface area contributed by atoms with Crippen molar-refractivity contribution < 1.29 is 28.5 Å². The van der Waals surface area contributed by atoms with E-state index in [0.29, 0.717) is 49.1 Å². The summed E-state index contributed by atoms with van der Waals surface area (Å²) in [5.74, 6) is 2.62. The van der Waals surface area contributed by atoms with Gasteiger partial charge in [0.2, 0.25) is 12.7 Å². The van der Waals surface area contributed by atoms with Crippen molar-refractivity contribution in [2.24, 2.45) is 5.92 Å². The summed E-state index contributed by atoms with van der Waals surface area (Å²) >= 11 is 0. The van der Waals surface area contributed by atoms with E-state index in [4.69, 9.17) is 18.9 Å². The van der Waals surface area contributed by atoms with Gasteiger partial charge in [0.05, 0.1) is 14.2 Å². The number of nitrogens with one attached hydrogen (secondary N) is 2. The van der Waals surface area contributed by atoms with E-state index in [1.807, 2.05) is 24.3 Å². The van der Waals surface area contributed by atoms with Crippen LogP contribution in [0, 0.1) is 5.92 Å². The lowest BCUT2D eigenvalue weighted by atomic mass is 10.1. The molecule has 1 fully saturated rings. The van der Waals surface area contributed by atoms with Crippen LogP contribution < -0.4 is 34.5 Å². The molecule has 2 aliphatic rings. The van der Waals surface area contributed by atoms with Gasteiger partial charge in [-0.05, 0) is 29.8 Å². The van der Waals surface area contributed by atoms with E-state index < -0.39 is 0 Å². The van der Waals surface area contributed by atoms with Crippen LogP contribution in [-0.4, -0.2) is 46.0 Å². The molecular formula is C22H25N3O6. The van der Waals surface area contributed by atoms with E-state index in [1.54, 1.807) is 31.3 Å². The van der Waals surface area contributed by atoms with Gasteiger partial charge in [-0.15, -0.1) is 0 Å². The number of carbonyl (C=O) groups is 2. The summed E-state index contributed by atoms with van der Waals surface area (Å²) in [5.41, 5.74) is 1.66. The van der Waals surface area contributed by atoms with Gasteiger partial charge >= 0.3 is 6.03 Å². The van der Waals surface area contributed by atoms with Gasteiger partial charge in [-0.1, -0.05) is 6.07 Å². The maximum atomic E-state index is 12.5. The number of hydrogen-bond donors (Lipinski definition) is 2. The number of methoxy groups -OCH3 is 2. The van der Waals surface area contributed by atoms with Crippen molar-refractivity contribution in [3.8, 4) is 23.0 Å². The zero-order valence-electron chi connectivity index (χ0n) is 17.5. The minimum atomic E-state index is -0.288. The Balaban J connectivity index is 1.26. The Morgan fingerprint density at radius 3 is 2.68 bits per heavy atom. The average molecular weight is 427 g/mol. The summed E-state index contributed by atoms with van der Waals surface area (Å²) in [6.45, 7) is 1.48. The van der Waals surface area contributed by atoms with Crippen LogP contribution >= 0.6 is 0 Å². The number of fused-ring (bicyclic) bond motifs is 1. The Labute approximate surface area is 180 Å². The molecule has 164 valence electrons. The van der Waals surface area contributed by atoms with Crippen molar-refractivity contribution >= 4 is 17.6 Å². The third kappa shape index (κ3) is 4.60. The van der Waals surface area contributed by atoms with Gasteiger partial charge in [-0.25, -0.2) is 4.79 Å². The Morgan fingerprint density at radius 1 is 1.06 bits per heavy atom. The third-order valence-corrected chi connectivity index (χ3v) is 5.33. The van der Waals surface area contributed by atoms with E-state index in [9.17, 15) is 9.59 Å². The minimum Gasteiger partial charge on any atom is -0.493 e. The fourth-order valence-corrected chi connectivity index (χ4v) is 3.69. The first kappa shape index (κ1) is 20.6. The Hall–Kier alpha value is -3.62. The summed E-state index contributed by atoms with van der Waals surface area (Å²) in [4.78, 5) is 26.4. The second-order valence-electron chi connectivity index (χ2n) is 7.36. The number of nitrogens with zero attached hydrogens (tertiary/aromatic N) is 1. The molecular weight excluding hydrogens is 402 g/mol. The molecule has 1 atom stereocenters. The van der Waals surface area contributed by atoms with Crippen LogP contribution in [0.2, 0.25) is 0 Å². The van der Waals surface area contributed by atoms with E-state index in [-0.39, 0.29) is 24.6 Å². The molecule has 31 heavy (non-hydrogen) atoms. The zero-order chi connectivity index (χ0) is 21.8. The molecule has 4 rings (SSSR count). The molecule has 2 aromatic carbocycles. The largest absolute Gasteiger partial charge is 0.493 e. The van der Waals surface area contributed by atoms with E-state index in [1.165, 1.54) is 0 Å².